The molecule has 2 atom stereocenters. The summed E-state index contributed by atoms with van der Waals surface area (Å²) in [5.41, 5.74) is 6.10. The average Bonchev–Trinajstić information content (AvgIpc) is 2.54. The fraction of sp³-hybridized carbons (Fsp3) is 1.00. The lowest BCUT2D eigenvalue weighted by Gasteiger charge is -2.40. The third-order valence-electron chi connectivity index (χ3n) is 4.73. The molecule has 0 aliphatic carbocycles. The van der Waals surface area contributed by atoms with Crippen LogP contribution in [-0.4, -0.2) is 42.8 Å². The molecule has 3 rings (SSSR count). The Morgan fingerprint density at radius 3 is 2.25 bits per heavy atom. The first-order valence-electron chi connectivity index (χ1n) is 6.92. The second kappa shape index (κ2) is 4.63. The average molecular weight is 224 g/mol. The van der Waals surface area contributed by atoms with Gasteiger partial charge in [-0.2, -0.15) is 0 Å². The molecule has 0 aromatic rings. The predicted molar refractivity (Wildman–Crippen MR) is 64.3 cm³/mol. The fourth-order valence-electron chi connectivity index (χ4n) is 3.84. The van der Waals surface area contributed by atoms with Crippen LogP contribution in [0.1, 0.15) is 38.5 Å². The number of rotatable bonds is 2. The lowest BCUT2D eigenvalue weighted by atomic mass is 9.94. The number of fused-ring (bicyclic) bond motifs is 2. The summed E-state index contributed by atoms with van der Waals surface area (Å²) in [6, 6.07) is 2.08. The first kappa shape index (κ1) is 11.0. The summed E-state index contributed by atoms with van der Waals surface area (Å²) in [6.07, 6.45) is 7.78. The van der Waals surface area contributed by atoms with Crippen LogP contribution in [0.25, 0.3) is 0 Å². The number of nitrogens with zero attached hydrogens (tertiary/aromatic N) is 1. The summed E-state index contributed by atoms with van der Waals surface area (Å²) < 4.78 is 5.44. The van der Waals surface area contributed by atoms with Crippen molar-refractivity contribution in [3.63, 3.8) is 0 Å². The van der Waals surface area contributed by atoms with Crippen molar-refractivity contribution < 1.29 is 4.74 Å². The minimum Gasteiger partial charge on any atom is -0.381 e. The zero-order valence-electron chi connectivity index (χ0n) is 10.1. The summed E-state index contributed by atoms with van der Waals surface area (Å²) in [5.74, 6) is 0.881. The van der Waals surface area contributed by atoms with Crippen LogP contribution >= 0.6 is 0 Å². The predicted octanol–water partition coefficient (Wildman–Crippen LogP) is 1.37. The first-order valence-corrected chi connectivity index (χ1v) is 6.92. The molecule has 3 fully saturated rings. The molecule has 16 heavy (non-hydrogen) atoms. The van der Waals surface area contributed by atoms with Gasteiger partial charge in [-0.05, 0) is 44.4 Å². The number of nitrogens with two attached hydrogens (primary N) is 1. The van der Waals surface area contributed by atoms with Gasteiger partial charge < -0.3 is 10.5 Å². The highest BCUT2D eigenvalue weighted by atomic mass is 16.5. The van der Waals surface area contributed by atoms with Crippen LogP contribution in [0.5, 0.6) is 0 Å². The molecule has 3 aliphatic heterocycles. The minimum absolute atomic E-state index is 0.475. The molecule has 0 spiro atoms. The standard InChI is InChI=1S/C13H24N2O/c14-11-7-12-1-2-13(8-11)15(12)9-10-3-5-16-6-4-10/h10-13H,1-9,14H2. The lowest BCUT2D eigenvalue weighted by molar-refractivity contribution is 0.0339. The monoisotopic (exact) mass is 224 g/mol. The number of ether oxygens (including phenoxy) is 1. The second-order valence-electron chi connectivity index (χ2n) is 5.87. The Morgan fingerprint density at radius 1 is 1.00 bits per heavy atom. The van der Waals surface area contributed by atoms with Crippen LogP contribution < -0.4 is 5.73 Å². The number of hydrogen-bond acceptors (Lipinski definition) is 3. The van der Waals surface area contributed by atoms with E-state index >= 15 is 0 Å². The van der Waals surface area contributed by atoms with Gasteiger partial charge >= 0.3 is 0 Å². The maximum Gasteiger partial charge on any atom is 0.0469 e. The second-order valence-corrected chi connectivity index (χ2v) is 5.87. The van der Waals surface area contributed by atoms with Crippen LogP contribution in [0.4, 0.5) is 0 Å². The molecule has 0 aromatic carbocycles. The van der Waals surface area contributed by atoms with E-state index in [-0.39, 0.29) is 0 Å². The molecule has 2 bridgehead atoms. The van der Waals surface area contributed by atoms with E-state index in [1.807, 2.05) is 0 Å². The van der Waals surface area contributed by atoms with Crippen LogP contribution in [0.3, 0.4) is 0 Å². The van der Waals surface area contributed by atoms with Crippen molar-refractivity contribution in [2.75, 3.05) is 19.8 Å². The summed E-state index contributed by atoms with van der Waals surface area (Å²) in [4.78, 5) is 2.78. The van der Waals surface area contributed by atoms with Crippen molar-refractivity contribution in [1.29, 1.82) is 0 Å². The molecule has 0 amide bonds. The van der Waals surface area contributed by atoms with Gasteiger partial charge in [0.1, 0.15) is 0 Å². The Bertz CT molecular complexity index is 226. The molecule has 0 aromatic heterocycles. The molecular weight excluding hydrogens is 200 g/mol. The molecule has 3 aliphatic rings. The van der Waals surface area contributed by atoms with E-state index in [9.17, 15) is 0 Å². The van der Waals surface area contributed by atoms with Crippen molar-refractivity contribution in [2.45, 2.75) is 56.7 Å². The molecule has 2 N–H and O–H groups in total. The SMILES string of the molecule is NC1CC2CCC(C1)N2CC1CCOCC1. The van der Waals surface area contributed by atoms with Crippen molar-refractivity contribution in [3.8, 4) is 0 Å². The van der Waals surface area contributed by atoms with Crippen molar-refractivity contribution in [2.24, 2.45) is 11.7 Å². The third-order valence-corrected chi connectivity index (χ3v) is 4.73. The van der Waals surface area contributed by atoms with E-state index in [1.165, 1.54) is 45.1 Å². The van der Waals surface area contributed by atoms with E-state index < -0.39 is 0 Å². The smallest absolute Gasteiger partial charge is 0.0469 e. The molecule has 2 unspecified atom stereocenters. The zero-order valence-corrected chi connectivity index (χ0v) is 10.1. The third kappa shape index (κ3) is 2.13. The molecule has 92 valence electrons. The largest absolute Gasteiger partial charge is 0.381 e. The van der Waals surface area contributed by atoms with Crippen LogP contribution in [-0.2, 0) is 4.74 Å². The highest BCUT2D eigenvalue weighted by Crippen LogP contribution is 2.36. The maximum absolute atomic E-state index is 6.10. The van der Waals surface area contributed by atoms with Gasteiger partial charge in [-0.3, -0.25) is 4.90 Å². The van der Waals surface area contributed by atoms with E-state index in [0.717, 1.165) is 31.2 Å². The van der Waals surface area contributed by atoms with Gasteiger partial charge in [-0.25, -0.2) is 0 Å². The minimum atomic E-state index is 0.475. The van der Waals surface area contributed by atoms with Crippen LogP contribution in [0, 0.1) is 5.92 Å². The Hall–Kier alpha value is -0.120. The Balaban J connectivity index is 1.58. The molecular formula is C13H24N2O. The summed E-state index contributed by atoms with van der Waals surface area (Å²) >= 11 is 0. The highest BCUT2D eigenvalue weighted by molar-refractivity contribution is 4.97. The lowest BCUT2D eigenvalue weighted by Crippen LogP contribution is -2.49. The zero-order chi connectivity index (χ0) is 11.0. The van der Waals surface area contributed by atoms with Crippen LogP contribution in [0.2, 0.25) is 0 Å². The van der Waals surface area contributed by atoms with Gasteiger partial charge in [-0.1, -0.05) is 0 Å². The molecule has 3 saturated heterocycles. The van der Waals surface area contributed by atoms with Crippen LogP contribution in [0.15, 0.2) is 0 Å². The molecule has 3 heterocycles. The molecule has 3 heteroatoms. The van der Waals surface area contributed by atoms with Gasteiger partial charge in [0.2, 0.25) is 0 Å². The number of hydrogen-bond donors (Lipinski definition) is 1. The number of piperidine rings is 1. The molecule has 0 radical (unpaired) electrons. The van der Waals surface area contributed by atoms with Crippen molar-refractivity contribution >= 4 is 0 Å². The Labute approximate surface area is 98.3 Å². The molecule has 0 saturated carbocycles. The summed E-state index contributed by atoms with van der Waals surface area (Å²) in [6.45, 7) is 3.27. The topological polar surface area (TPSA) is 38.5 Å². The first-order chi connectivity index (χ1) is 7.83. The van der Waals surface area contributed by atoms with Gasteiger partial charge in [0.25, 0.3) is 0 Å². The molecule has 3 nitrogen and oxygen atoms in total. The fourth-order valence-corrected chi connectivity index (χ4v) is 3.84. The van der Waals surface area contributed by atoms with Crippen molar-refractivity contribution in [3.05, 3.63) is 0 Å². The summed E-state index contributed by atoms with van der Waals surface area (Å²) in [7, 11) is 0. The van der Waals surface area contributed by atoms with E-state index in [2.05, 4.69) is 4.90 Å². The maximum atomic E-state index is 6.10. The van der Waals surface area contributed by atoms with E-state index in [1.54, 1.807) is 0 Å². The van der Waals surface area contributed by atoms with Gasteiger partial charge in [0.05, 0.1) is 0 Å². The van der Waals surface area contributed by atoms with Gasteiger partial charge in [-0.15, -0.1) is 0 Å². The highest BCUT2D eigenvalue weighted by Gasteiger charge is 2.40. The van der Waals surface area contributed by atoms with E-state index in [4.69, 9.17) is 10.5 Å². The van der Waals surface area contributed by atoms with E-state index in [0.29, 0.717) is 6.04 Å². The van der Waals surface area contributed by atoms with Gasteiger partial charge in [0.15, 0.2) is 0 Å². The Kier molecular flexibility index (Phi) is 3.18. The Morgan fingerprint density at radius 2 is 1.62 bits per heavy atom. The van der Waals surface area contributed by atoms with Crippen molar-refractivity contribution in [1.82, 2.24) is 4.90 Å². The van der Waals surface area contributed by atoms with Gasteiger partial charge in [0, 0.05) is 37.9 Å². The summed E-state index contributed by atoms with van der Waals surface area (Å²) in [5, 5.41) is 0. The quantitative estimate of drug-likeness (QED) is 0.770. The normalized spacial score (nSPS) is 41.4.